The number of halogens is 2. The third kappa shape index (κ3) is 3.75. The van der Waals surface area contributed by atoms with E-state index in [-0.39, 0.29) is 17.3 Å². The first kappa shape index (κ1) is 14.9. The lowest BCUT2D eigenvalue weighted by molar-refractivity contribution is 0.0948. The van der Waals surface area contributed by atoms with E-state index in [0.717, 1.165) is 18.6 Å². The zero-order chi connectivity index (χ0) is 15.2. The fourth-order valence-corrected chi connectivity index (χ4v) is 1.69. The van der Waals surface area contributed by atoms with Crippen LogP contribution < -0.4 is 10.6 Å². The van der Waals surface area contributed by atoms with Gasteiger partial charge in [-0.1, -0.05) is 13.0 Å². The maximum absolute atomic E-state index is 13.5. The van der Waals surface area contributed by atoms with Gasteiger partial charge in [0.15, 0.2) is 0 Å². The highest BCUT2D eigenvalue weighted by atomic mass is 19.1. The summed E-state index contributed by atoms with van der Waals surface area (Å²) in [5, 5.41) is 5.30. The minimum Gasteiger partial charge on any atom is -0.351 e. The average Bonchev–Trinajstić information content (AvgIpc) is 2.49. The zero-order valence-corrected chi connectivity index (χ0v) is 11.5. The highest BCUT2D eigenvalue weighted by molar-refractivity contribution is 5.92. The van der Waals surface area contributed by atoms with Crippen molar-refractivity contribution in [3.8, 4) is 0 Å². The minimum atomic E-state index is -0.695. The van der Waals surface area contributed by atoms with Gasteiger partial charge in [0.2, 0.25) is 0 Å². The van der Waals surface area contributed by atoms with Gasteiger partial charge in [-0.05, 0) is 30.7 Å². The molecule has 1 amide bonds. The Hall–Kier alpha value is -2.50. The molecule has 0 aliphatic heterocycles. The van der Waals surface area contributed by atoms with Crippen molar-refractivity contribution in [2.24, 2.45) is 0 Å². The predicted molar refractivity (Wildman–Crippen MR) is 76.5 cm³/mol. The number of carbonyl (C=O) groups excluding carboxylic acids is 1. The quantitative estimate of drug-likeness (QED) is 0.889. The van der Waals surface area contributed by atoms with Gasteiger partial charge in [0.1, 0.15) is 23.0 Å². The summed E-state index contributed by atoms with van der Waals surface area (Å²) in [6, 6.07) is 6.64. The van der Waals surface area contributed by atoms with Gasteiger partial charge in [0.05, 0.1) is 11.9 Å². The van der Waals surface area contributed by atoms with E-state index in [1.807, 2.05) is 6.92 Å². The second-order valence-electron chi connectivity index (χ2n) is 4.41. The SMILES string of the molecule is CCCNC(=O)c1ccc(Nc2c(F)cccc2F)cn1. The lowest BCUT2D eigenvalue weighted by Gasteiger charge is -2.09. The van der Waals surface area contributed by atoms with Crippen LogP contribution in [0.1, 0.15) is 23.8 Å². The van der Waals surface area contributed by atoms with E-state index in [4.69, 9.17) is 0 Å². The normalized spacial score (nSPS) is 10.2. The van der Waals surface area contributed by atoms with Crippen molar-refractivity contribution in [3.05, 3.63) is 53.9 Å². The van der Waals surface area contributed by atoms with Crippen LogP contribution in [0, 0.1) is 11.6 Å². The van der Waals surface area contributed by atoms with Crippen molar-refractivity contribution in [2.45, 2.75) is 13.3 Å². The molecule has 4 nitrogen and oxygen atoms in total. The molecule has 0 saturated carbocycles. The number of hydrogen-bond acceptors (Lipinski definition) is 3. The molecule has 0 saturated heterocycles. The summed E-state index contributed by atoms with van der Waals surface area (Å²) in [6.45, 7) is 2.52. The van der Waals surface area contributed by atoms with Crippen LogP contribution in [0.25, 0.3) is 0 Å². The summed E-state index contributed by atoms with van der Waals surface area (Å²) in [4.78, 5) is 15.6. The maximum Gasteiger partial charge on any atom is 0.269 e. The maximum atomic E-state index is 13.5. The molecule has 2 rings (SSSR count). The van der Waals surface area contributed by atoms with Gasteiger partial charge in [-0.25, -0.2) is 13.8 Å². The smallest absolute Gasteiger partial charge is 0.269 e. The number of pyridine rings is 1. The molecular weight excluding hydrogens is 276 g/mol. The van der Waals surface area contributed by atoms with Crippen molar-refractivity contribution in [2.75, 3.05) is 11.9 Å². The molecule has 110 valence electrons. The highest BCUT2D eigenvalue weighted by Gasteiger charge is 2.10. The first-order chi connectivity index (χ1) is 10.1. The Morgan fingerprint density at radius 2 is 1.90 bits per heavy atom. The fourth-order valence-electron chi connectivity index (χ4n) is 1.69. The molecule has 1 heterocycles. The van der Waals surface area contributed by atoms with E-state index < -0.39 is 11.6 Å². The van der Waals surface area contributed by atoms with Gasteiger partial charge < -0.3 is 10.6 Å². The number of aromatic nitrogens is 1. The van der Waals surface area contributed by atoms with E-state index in [9.17, 15) is 13.6 Å². The Kier molecular flexibility index (Phi) is 4.81. The molecule has 0 fully saturated rings. The second-order valence-corrected chi connectivity index (χ2v) is 4.41. The standard InChI is InChI=1S/C15H15F2N3O/c1-2-8-18-15(21)13-7-6-10(9-19-13)20-14-11(16)4-3-5-12(14)17/h3-7,9,20H,2,8H2,1H3,(H,18,21). The van der Waals surface area contributed by atoms with Crippen molar-refractivity contribution in [1.82, 2.24) is 10.3 Å². The molecular formula is C15H15F2N3O. The van der Waals surface area contributed by atoms with Crippen LogP contribution in [0.15, 0.2) is 36.5 Å². The van der Waals surface area contributed by atoms with Crippen molar-refractivity contribution >= 4 is 17.3 Å². The number of para-hydroxylation sites is 1. The fraction of sp³-hybridized carbons (Fsp3) is 0.200. The van der Waals surface area contributed by atoms with Crippen LogP contribution in [-0.4, -0.2) is 17.4 Å². The summed E-state index contributed by atoms with van der Waals surface area (Å²) in [6.07, 6.45) is 2.19. The Morgan fingerprint density at radius 1 is 1.19 bits per heavy atom. The molecule has 0 atom stereocenters. The second kappa shape index (κ2) is 6.78. The van der Waals surface area contributed by atoms with Crippen LogP contribution in [0.2, 0.25) is 0 Å². The molecule has 0 aliphatic rings. The lowest BCUT2D eigenvalue weighted by Crippen LogP contribution is -2.24. The van der Waals surface area contributed by atoms with Crippen LogP contribution in [0.4, 0.5) is 20.2 Å². The summed E-state index contributed by atoms with van der Waals surface area (Å²) in [5.41, 5.74) is 0.400. The molecule has 2 aromatic rings. The van der Waals surface area contributed by atoms with E-state index in [0.29, 0.717) is 12.2 Å². The molecule has 0 radical (unpaired) electrons. The number of anilines is 2. The number of amides is 1. The number of nitrogens with zero attached hydrogens (tertiary/aromatic N) is 1. The molecule has 0 aliphatic carbocycles. The van der Waals surface area contributed by atoms with Gasteiger partial charge in [-0.15, -0.1) is 0 Å². The van der Waals surface area contributed by atoms with Gasteiger partial charge in [0.25, 0.3) is 5.91 Å². The molecule has 0 spiro atoms. The third-order valence-corrected chi connectivity index (χ3v) is 2.76. The first-order valence-corrected chi connectivity index (χ1v) is 6.57. The van der Waals surface area contributed by atoms with Crippen LogP contribution >= 0.6 is 0 Å². The Labute approximate surface area is 121 Å². The van der Waals surface area contributed by atoms with E-state index >= 15 is 0 Å². The van der Waals surface area contributed by atoms with E-state index in [2.05, 4.69) is 15.6 Å². The van der Waals surface area contributed by atoms with Gasteiger partial charge in [-0.3, -0.25) is 4.79 Å². The predicted octanol–water partition coefficient (Wildman–Crippen LogP) is 3.24. The Morgan fingerprint density at radius 3 is 2.48 bits per heavy atom. The van der Waals surface area contributed by atoms with E-state index in [1.165, 1.54) is 18.3 Å². The van der Waals surface area contributed by atoms with Crippen LogP contribution in [0.3, 0.4) is 0 Å². The average molecular weight is 291 g/mol. The van der Waals surface area contributed by atoms with Gasteiger partial charge >= 0.3 is 0 Å². The van der Waals surface area contributed by atoms with Crippen molar-refractivity contribution in [1.29, 1.82) is 0 Å². The molecule has 6 heteroatoms. The summed E-state index contributed by atoms with van der Waals surface area (Å²) >= 11 is 0. The minimum absolute atomic E-state index is 0.248. The molecule has 0 unspecified atom stereocenters. The third-order valence-electron chi connectivity index (χ3n) is 2.76. The van der Waals surface area contributed by atoms with E-state index in [1.54, 1.807) is 6.07 Å². The van der Waals surface area contributed by atoms with Crippen LogP contribution in [0.5, 0.6) is 0 Å². The van der Waals surface area contributed by atoms with Crippen molar-refractivity contribution in [3.63, 3.8) is 0 Å². The highest BCUT2D eigenvalue weighted by Crippen LogP contribution is 2.22. The number of nitrogens with one attached hydrogen (secondary N) is 2. The Balaban J connectivity index is 2.11. The molecule has 21 heavy (non-hydrogen) atoms. The summed E-state index contributed by atoms with van der Waals surface area (Å²) < 4.78 is 27.0. The number of carbonyl (C=O) groups is 1. The molecule has 0 bridgehead atoms. The first-order valence-electron chi connectivity index (χ1n) is 6.57. The number of benzene rings is 1. The monoisotopic (exact) mass is 291 g/mol. The topological polar surface area (TPSA) is 54.0 Å². The van der Waals surface area contributed by atoms with Gasteiger partial charge in [0, 0.05) is 6.54 Å². The number of hydrogen-bond donors (Lipinski definition) is 2. The molecule has 1 aromatic carbocycles. The van der Waals surface area contributed by atoms with Gasteiger partial charge in [-0.2, -0.15) is 0 Å². The largest absolute Gasteiger partial charge is 0.351 e. The summed E-state index contributed by atoms with van der Waals surface area (Å²) in [5.74, 6) is -1.67. The molecule has 2 N–H and O–H groups in total. The molecule has 1 aromatic heterocycles. The number of rotatable bonds is 5. The summed E-state index contributed by atoms with van der Waals surface area (Å²) in [7, 11) is 0. The van der Waals surface area contributed by atoms with Crippen molar-refractivity contribution < 1.29 is 13.6 Å². The lowest BCUT2D eigenvalue weighted by atomic mass is 10.2. The van der Waals surface area contributed by atoms with Crippen LogP contribution in [-0.2, 0) is 0 Å². The zero-order valence-electron chi connectivity index (χ0n) is 11.5. The Bertz CT molecular complexity index is 609.